The lowest BCUT2D eigenvalue weighted by molar-refractivity contribution is -0.141. The van der Waals surface area contributed by atoms with Crippen molar-refractivity contribution in [3.63, 3.8) is 0 Å². The molecular formula is C23H28ClN3O4. The Hall–Kier alpha value is -2.80. The molecule has 1 aliphatic heterocycles. The first-order valence-electron chi connectivity index (χ1n) is 10.5. The molecule has 2 heterocycles. The summed E-state index contributed by atoms with van der Waals surface area (Å²) in [6, 6.07) is 9.46. The molecule has 0 radical (unpaired) electrons. The van der Waals surface area contributed by atoms with Crippen molar-refractivity contribution in [2.75, 3.05) is 24.6 Å². The average Bonchev–Trinajstić information content (AvgIpc) is 2.76. The lowest BCUT2D eigenvalue weighted by atomic mass is 9.83. The highest BCUT2D eigenvalue weighted by Crippen LogP contribution is 2.40. The Morgan fingerprint density at radius 3 is 2.71 bits per heavy atom. The monoisotopic (exact) mass is 445 g/mol. The number of hydrogen-bond acceptors (Lipinski definition) is 6. The van der Waals surface area contributed by atoms with Gasteiger partial charge in [0.15, 0.2) is 0 Å². The fraction of sp³-hybridized carbons (Fsp3) is 0.435. The van der Waals surface area contributed by atoms with E-state index in [0.29, 0.717) is 17.3 Å². The number of esters is 1. The van der Waals surface area contributed by atoms with Crippen molar-refractivity contribution >= 4 is 29.4 Å². The van der Waals surface area contributed by atoms with Crippen LogP contribution in [0.3, 0.4) is 0 Å². The summed E-state index contributed by atoms with van der Waals surface area (Å²) in [6.45, 7) is 8.38. The first-order chi connectivity index (χ1) is 14.9. The first kappa shape index (κ1) is 22.9. The molecule has 8 heteroatoms. The average molecular weight is 446 g/mol. The van der Waals surface area contributed by atoms with Crippen molar-refractivity contribution in [3.05, 3.63) is 52.8 Å². The van der Waals surface area contributed by atoms with E-state index in [2.05, 4.69) is 35.1 Å². The molecule has 1 amide bonds. The maximum absolute atomic E-state index is 12.6. The minimum atomic E-state index is -0.545. The van der Waals surface area contributed by atoms with Gasteiger partial charge in [0.2, 0.25) is 0 Å². The molecule has 2 atom stereocenters. The van der Waals surface area contributed by atoms with Gasteiger partial charge in [-0.2, -0.15) is 0 Å². The number of aromatic nitrogens is 1. The van der Waals surface area contributed by atoms with Crippen molar-refractivity contribution in [1.29, 1.82) is 0 Å². The number of hydrogen-bond donors (Lipinski definition) is 1. The second kappa shape index (κ2) is 10.5. The SMILES string of the molecule is CCN(CC)c1ccc2c(c1)OC(=O)C(CCOC(=O)NCc1ccc(Cl)nc1)C2C. The number of amides is 1. The number of ether oxygens (including phenoxy) is 2. The van der Waals surface area contributed by atoms with E-state index in [-0.39, 0.29) is 31.0 Å². The minimum Gasteiger partial charge on any atom is -0.450 e. The number of pyridine rings is 1. The third-order valence-electron chi connectivity index (χ3n) is 5.62. The van der Waals surface area contributed by atoms with Crippen LogP contribution in [-0.4, -0.2) is 36.7 Å². The summed E-state index contributed by atoms with van der Waals surface area (Å²) >= 11 is 5.74. The van der Waals surface area contributed by atoms with Gasteiger partial charge >= 0.3 is 12.1 Å². The molecule has 3 rings (SSSR count). The summed E-state index contributed by atoms with van der Waals surface area (Å²) in [4.78, 5) is 30.7. The standard InChI is InChI=1S/C23H28ClN3O4/c1-4-27(5-2)17-7-8-18-15(3)19(22(28)31-20(18)12-17)10-11-30-23(29)26-14-16-6-9-21(24)25-13-16/h6-9,12-13,15,19H,4-5,10-11,14H2,1-3H3,(H,26,29). The van der Waals surface area contributed by atoms with Gasteiger partial charge < -0.3 is 19.7 Å². The zero-order valence-electron chi connectivity index (χ0n) is 18.1. The number of nitrogens with zero attached hydrogens (tertiary/aromatic N) is 2. The molecule has 7 nitrogen and oxygen atoms in total. The smallest absolute Gasteiger partial charge is 0.407 e. The fourth-order valence-corrected chi connectivity index (χ4v) is 3.87. The number of carbonyl (C=O) groups excluding carboxylic acids is 2. The summed E-state index contributed by atoms with van der Waals surface area (Å²) in [5.41, 5.74) is 2.85. The molecular weight excluding hydrogens is 418 g/mol. The predicted octanol–water partition coefficient (Wildman–Crippen LogP) is 4.54. The summed E-state index contributed by atoms with van der Waals surface area (Å²) in [5, 5.41) is 3.05. The zero-order chi connectivity index (χ0) is 22.4. The van der Waals surface area contributed by atoms with Gasteiger partial charge in [-0.25, -0.2) is 9.78 Å². The second-order valence-electron chi connectivity index (χ2n) is 7.48. The van der Waals surface area contributed by atoms with Gasteiger partial charge in [0.25, 0.3) is 0 Å². The quantitative estimate of drug-likeness (QED) is 0.365. The Labute approximate surface area is 187 Å². The van der Waals surface area contributed by atoms with E-state index < -0.39 is 6.09 Å². The minimum absolute atomic E-state index is 0.0196. The van der Waals surface area contributed by atoms with Crippen molar-refractivity contribution < 1.29 is 19.1 Å². The molecule has 0 fully saturated rings. The molecule has 0 aliphatic carbocycles. The molecule has 2 aromatic rings. The Morgan fingerprint density at radius 2 is 2.03 bits per heavy atom. The van der Waals surface area contributed by atoms with E-state index in [1.807, 2.05) is 19.1 Å². The number of anilines is 1. The van der Waals surface area contributed by atoms with Crippen molar-refractivity contribution in [1.82, 2.24) is 10.3 Å². The molecule has 1 aromatic carbocycles. The van der Waals surface area contributed by atoms with Crippen molar-refractivity contribution in [2.24, 2.45) is 5.92 Å². The molecule has 2 unspecified atom stereocenters. The number of carbonyl (C=O) groups is 2. The van der Waals surface area contributed by atoms with E-state index >= 15 is 0 Å². The van der Waals surface area contributed by atoms with Crippen LogP contribution in [0.25, 0.3) is 0 Å². The number of fused-ring (bicyclic) bond motifs is 1. The van der Waals surface area contributed by atoms with Gasteiger partial charge in [0.05, 0.1) is 12.5 Å². The largest absolute Gasteiger partial charge is 0.450 e. The van der Waals surface area contributed by atoms with Crippen molar-refractivity contribution in [3.8, 4) is 5.75 Å². The summed E-state index contributed by atoms with van der Waals surface area (Å²) < 4.78 is 10.9. The number of rotatable bonds is 8. The summed E-state index contributed by atoms with van der Waals surface area (Å²) in [5.74, 6) is -0.0461. The van der Waals surface area contributed by atoms with E-state index in [0.717, 1.165) is 29.9 Å². The van der Waals surface area contributed by atoms with E-state index in [1.54, 1.807) is 18.3 Å². The van der Waals surface area contributed by atoms with Crippen molar-refractivity contribution in [2.45, 2.75) is 39.7 Å². The van der Waals surface area contributed by atoms with Crippen LogP contribution < -0.4 is 15.0 Å². The Balaban J connectivity index is 1.52. The Morgan fingerprint density at radius 1 is 1.26 bits per heavy atom. The first-order valence-corrected chi connectivity index (χ1v) is 10.9. The van der Waals surface area contributed by atoms with Crippen LogP contribution in [-0.2, 0) is 16.1 Å². The zero-order valence-corrected chi connectivity index (χ0v) is 18.8. The number of benzene rings is 1. The van der Waals surface area contributed by atoms with Crippen LogP contribution in [0.1, 0.15) is 44.2 Å². The summed E-state index contributed by atoms with van der Waals surface area (Å²) in [7, 11) is 0. The Bertz CT molecular complexity index is 916. The highest BCUT2D eigenvalue weighted by molar-refractivity contribution is 6.29. The number of alkyl carbamates (subject to hydrolysis) is 1. The van der Waals surface area contributed by atoms with E-state index in [1.165, 1.54) is 0 Å². The predicted molar refractivity (Wildman–Crippen MR) is 120 cm³/mol. The Kier molecular flexibility index (Phi) is 7.74. The van der Waals surface area contributed by atoms with Gasteiger partial charge in [0.1, 0.15) is 10.9 Å². The molecule has 0 spiro atoms. The van der Waals surface area contributed by atoms with Crippen LogP contribution in [0.15, 0.2) is 36.5 Å². The van der Waals surface area contributed by atoms with Gasteiger partial charge in [-0.05, 0) is 49.4 Å². The third-order valence-corrected chi connectivity index (χ3v) is 5.84. The van der Waals surface area contributed by atoms with Gasteiger partial charge in [-0.3, -0.25) is 4.79 Å². The van der Waals surface area contributed by atoms with Crippen LogP contribution in [0.5, 0.6) is 5.75 Å². The fourth-order valence-electron chi connectivity index (χ4n) is 3.76. The van der Waals surface area contributed by atoms with Crippen LogP contribution in [0, 0.1) is 5.92 Å². The maximum Gasteiger partial charge on any atom is 0.407 e. The number of halogens is 1. The van der Waals surface area contributed by atoms with E-state index in [9.17, 15) is 9.59 Å². The second-order valence-corrected chi connectivity index (χ2v) is 7.87. The highest BCUT2D eigenvalue weighted by atomic mass is 35.5. The molecule has 31 heavy (non-hydrogen) atoms. The van der Waals surface area contributed by atoms with Gasteiger partial charge in [-0.15, -0.1) is 0 Å². The highest BCUT2D eigenvalue weighted by Gasteiger charge is 2.35. The molecule has 1 aliphatic rings. The van der Waals surface area contributed by atoms with Gasteiger partial charge in [0, 0.05) is 37.6 Å². The summed E-state index contributed by atoms with van der Waals surface area (Å²) in [6.07, 6.45) is 1.44. The van der Waals surface area contributed by atoms with Crippen LogP contribution in [0.4, 0.5) is 10.5 Å². The van der Waals surface area contributed by atoms with Crippen LogP contribution in [0.2, 0.25) is 5.15 Å². The van der Waals surface area contributed by atoms with E-state index in [4.69, 9.17) is 21.1 Å². The van der Waals surface area contributed by atoms with Gasteiger partial charge in [-0.1, -0.05) is 30.7 Å². The van der Waals surface area contributed by atoms with Crippen LogP contribution >= 0.6 is 11.6 Å². The molecule has 0 saturated heterocycles. The third kappa shape index (κ3) is 5.67. The molecule has 0 bridgehead atoms. The molecule has 1 N–H and O–H groups in total. The lowest BCUT2D eigenvalue weighted by Crippen LogP contribution is -2.32. The lowest BCUT2D eigenvalue weighted by Gasteiger charge is -2.31. The normalized spacial score (nSPS) is 17.5. The molecule has 166 valence electrons. The topological polar surface area (TPSA) is 80.8 Å². The maximum atomic E-state index is 12.6. The molecule has 0 saturated carbocycles. The number of nitrogens with one attached hydrogen (secondary N) is 1. The molecule has 1 aromatic heterocycles.